The van der Waals surface area contributed by atoms with Gasteiger partial charge >= 0.3 is 0 Å². The molecule has 118 valence electrons. The molecule has 0 aliphatic heterocycles. The van der Waals surface area contributed by atoms with Gasteiger partial charge in [-0.25, -0.2) is 0 Å². The fraction of sp³-hybridized carbons (Fsp3) is 1.00. The number of ether oxygens (including phenoxy) is 1. The van der Waals surface area contributed by atoms with Crippen molar-refractivity contribution >= 4 is 0 Å². The van der Waals surface area contributed by atoms with Gasteiger partial charge in [-0.15, -0.1) is 0 Å². The monoisotopic (exact) mass is 283 g/mol. The zero-order valence-corrected chi connectivity index (χ0v) is 13.4. The van der Waals surface area contributed by atoms with Crippen molar-refractivity contribution < 1.29 is 9.84 Å². The molecule has 20 heavy (non-hydrogen) atoms. The van der Waals surface area contributed by atoms with Crippen LogP contribution in [0.25, 0.3) is 0 Å². The van der Waals surface area contributed by atoms with Crippen molar-refractivity contribution in [2.75, 3.05) is 13.2 Å². The van der Waals surface area contributed by atoms with Crippen LogP contribution in [-0.4, -0.2) is 36.0 Å². The average molecular weight is 283 g/mol. The van der Waals surface area contributed by atoms with Gasteiger partial charge in [-0.1, -0.05) is 6.92 Å². The molecule has 2 rings (SSSR count). The highest BCUT2D eigenvalue weighted by Gasteiger charge is 2.31. The second-order valence-electron chi connectivity index (χ2n) is 7.35. The largest absolute Gasteiger partial charge is 0.394 e. The summed E-state index contributed by atoms with van der Waals surface area (Å²) in [6.45, 7) is 5.63. The lowest BCUT2D eigenvalue weighted by molar-refractivity contribution is 0.0168. The first kappa shape index (κ1) is 16.3. The van der Waals surface area contributed by atoms with Gasteiger partial charge in [0.05, 0.1) is 12.7 Å². The Bertz CT molecular complexity index is 272. The lowest BCUT2D eigenvalue weighted by atomic mass is 9.89. The SMILES string of the molecule is CC1CCC(OCCCCC(C)(CO)NC2CC2)CC1. The fourth-order valence-electron chi connectivity index (χ4n) is 3.18. The number of aliphatic hydroxyl groups is 1. The lowest BCUT2D eigenvalue weighted by Gasteiger charge is -2.29. The quantitative estimate of drug-likeness (QED) is 0.638. The highest BCUT2D eigenvalue weighted by atomic mass is 16.5. The third kappa shape index (κ3) is 5.71. The Morgan fingerprint density at radius 2 is 1.80 bits per heavy atom. The number of hydrogen-bond acceptors (Lipinski definition) is 3. The lowest BCUT2D eigenvalue weighted by Crippen LogP contribution is -2.46. The van der Waals surface area contributed by atoms with Gasteiger partial charge in [0.1, 0.15) is 0 Å². The molecule has 0 spiro atoms. The molecule has 2 saturated carbocycles. The van der Waals surface area contributed by atoms with E-state index >= 15 is 0 Å². The van der Waals surface area contributed by atoms with E-state index in [0.29, 0.717) is 12.1 Å². The molecule has 0 saturated heterocycles. The van der Waals surface area contributed by atoms with Crippen molar-refractivity contribution in [3.63, 3.8) is 0 Å². The maximum absolute atomic E-state index is 9.55. The minimum Gasteiger partial charge on any atom is -0.394 e. The normalized spacial score (nSPS) is 30.1. The van der Waals surface area contributed by atoms with Gasteiger partial charge in [0.2, 0.25) is 0 Å². The summed E-state index contributed by atoms with van der Waals surface area (Å²) in [4.78, 5) is 0. The summed E-state index contributed by atoms with van der Waals surface area (Å²) in [6.07, 6.45) is 11.5. The van der Waals surface area contributed by atoms with E-state index in [-0.39, 0.29) is 12.1 Å². The summed E-state index contributed by atoms with van der Waals surface area (Å²) < 4.78 is 5.99. The molecule has 0 bridgehead atoms. The Labute approximate surface area is 124 Å². The van der Waals surface area contributed by atoms with Crippen LogP contribution in [-0.2, 0) is 4.74 Å². The maximum atomic E-state index is 9.55. The molecule has 0 heterocycles. The molecule has 3 nitrogen and oxygen atoms in total. The van der Waals surface area contributed by atoms with E-state index in [2.05, 4.69) is 19.2 Å². The summed E-state index contributed by atoms with van der Waals surface area (Å²) in [5, 5.41) is 13.1. The summed E-state index contributed by atoms with van der Waals surface area (Å²) >= 11 is 0. The van der Waals surface area contributed by atoms with E-state index in [0.717, 1.165) is 31.8 Å². The molecular formula is C17H33NO2. The minimum absolute atomic E-state index is 0.0819. The van der Waals surface area contributed by atoms with Crippen molar-refractivity contribution in [3.05, 3.63) is 0 Å². The molecule has 0 aromatic carbocycles. The molecule has 0 aromatic heterocycles. The zero-order valence-electron chi connectivity index (χ0n) is 13.4. The van der Waals surface area contributed by atoms with Crippen LogP contribution in [0.5, 0.6) is 0 Å². The van der Waals surface area contributed by atoms with Gasteiger partial charge in [0.15, 0.2) is 0 Å². The van der Waals surface area contributed by atoms with Gasteiger partial charge in [0.25, 0.3) is 0 Å². The number of unbranched alkanes of at least 4 members (excludes halogenated alkanes) is 1. The van der Waals surface area contributed by atoms with Crippen LogP contribution in [0.1, 0.15) is 71.6 Å². The van der Waals surface area contributed by atoms with Gasteiger partial charge in [-0.2, -0.15) is 0 Å². The third-order valence-electron chi connectivity index (χ3n) is 4.92. The Morgan fingerprint density at radius 3 is 2.40 bits per heavy atom. The fourth-order valence-corrected chi connectivity index (χ4v) is 3.18. The van der Waals surface area contributed by atoms with E-state index in [1.165, 1.54) is 38.5 Å². The molecule has 2 N–H and O–H groups in total. The summed E-state index contributed by atoms with van der Waals surface area (Å²) in [5.74, 6) is 0.897. The molecule has 3 heteroatoms. The average Bonchev–Trinajstić information content (AvgIpc) is 3.24. The van der Waals surface area contributed by atoms with Crippen molar-refractivity contribution in [1.29, 1.82) is 0 Å². The maximum Gasteiger partial charge on any atom is 0.0610 e. The van der Waals surface area contributed by atoms with Gasteiger partial charge < -0.3 is 15.2 Å². The second kappa shape index (κ2) is 7.77. The van der Waals surface area contributed by atoms with E-state index < -0.39 is 0 Å². The Kier molecular flexibility index (Phi) is 6.31. The smallest absolute Gasteiger partial charge is 0.0610 e. The predicted octanol–water partition coefficient (Wildman–Crippen LogP) is 3.26. The third-order valence-corrected chi connectivity index (χ3v) is 4.92. The predicted molar refractivity (Wildman–Crippen MR) is 82.9 cm³/mol. The Balaban J connectivity index is 1.51. The van der Waals surface area contributed by atoms with E-state index in [1.54, 1.807) is 0 Å². The van der Waals surface area contributed by atoms with E-state index in [1.807, 2.05) is 0 Å². The highest BCUT2D eigenvalue weighted by molar-refractivity contribution is 4.92. The molecule has 1 atom stereocenters. The van der Waals surface area contributed by atoms with Crippen molar-refractivity contribution in [2.45, 2.75) is 89.3 Å². The first-order chi connectivity index (χ1) is 9.61. The Hall–Kier alpha value is -0.120. The highest BCUT2D eigenvalue weighted by Crippen LogP contribution is 2.26. The molecule has 0 radical (unpaired) electrons. The number of aliphatic hydroxyl groups excluding tert-OH is 1. The summed E-state index contributed by atoms with van der Waals surface area (Å²) in [7, 11) is 0. The van der Waals surface area contributed by atoms with Crippen LogP contribution < -0.4 is 5.32 Å². The Morgan fingerprint density at radius 1 is 1.10 bits per heavy atom. The molecular weight excluding hydrogens is 250 g/mol. The van der Waals surface area contributed by atoms with Crippen LogP contribution in [0.2, 0.25) is 0 Å². The number of hydrogen-bond donors (Lipinski definition) is 2. The first-order valence-corrected chi connectivity index (χ1v) is 8.61. The van der Waals surface area contributed by atoms with Crippen LogP contribution in [0.15, 0.2) is 0 Å². The number of nitrogens with one attached hydrogen (secondary N) is 1. The molecule has 2 aliphatic carbocycles. The molecule has 1 unspecified atom stereocenters. The van der Waals surface area contributed by atoms with Gasteiger partial charge in [-0.3, -0.25) is 0 Å². The van der Waals surface area contributed by atoms with Crippen LogP contribution in [0.4, 0.5) is 0 Å². The topological polar surface area (TPSA) is 41.5 Å². The van der Waals surface area contributed by atoms with Crippen molar-refractivity contribution in [3.8, 4) is 0 Å². The molecule has 2 fully saturated rings. The van der Waals surface area contributed by atoms with Gasteiger partial charge in [0, 0.05) is 18.2 Å². The van der Waals surface area contributed by atoms with Gasteiger partial charge in [-0.05, 0) is 70.6 Å². The molecule has 2 aliphatic rings. The van der Waals surface area contributed by atoms with E-state index in [9.17, 15) is 5.11 Å². The van der Waals surface area contributed by atoms with Crippen LogP contribution in [0, 0.1) is 5.92 Å². The second-order valence-corrected chi connectivity index (χ2v) is 7.35. The zero-order chi connectivity index (χ0) is 14.4. The van der Waals surface area contributed by atoms with E-state index in [4.69, 9.17) is 4.74 Å². The summed E-state index contributed by atoms with van der Waals surface area (Å²) in [5.41, 5.74) is -0.0819. The van der Waals surface area contributed by atoms with Crippen LogP contribution in [0.3, 0.4) is 0 Å². The molecule has 0 aromatic rings. The van der Waals surface area contributed by atoms with Crippen molar-refractivity contribution in [1.82, 2.24) is 5.32 Å². The standard InChI is InChI=1S/C17H33NO2/c1-14-5-9-16(10-6-14)20-12-4-3-11-17(2,13-19)18-15-7-8-15/h14-16,18-19H,3-13H2,1-2H3. The van der Waals surface area contributed by atoms with Crippen LogP contribution >= 0.6 is 0 Å². The summed E-state index contributed by atoms with van der Waals surface area (Å²) in [6, 6.07) is 0.660. The van der Waals surface area contributed by atoms with Crippen molar-refractivity contribution in [2.24, 2.45) is 5.92 Å². The first-order valence-electron chi connectivity index (χ1n) is 8.61. The number of rotatable bonds is 9. The minimum atomic E-state index is -0.0819. The molecule has 0 amide bonds.